The summed E-state index contributed by atoms with van der Waals surface area (Å²) in [4.78, 5) is 2.13. The van der Waals surface area contributed by atoms with Crippen molar-refractivity contribution in [2.75, 3.05) is 29.9 Å². The highest BCUT2D eigenvalue weighted by molar-refractivity contribution is 7.91. The van der Waals surface area contributed by atoms with Crippen molar-refractivity contribution in [1.29, 1.82) is 5.26 Å². The molecular formula is C15H17N7O2S. The van der Waals surface area contributed by atoms with Crippen LogP contribution in [0.2, 0.25) is 0 Å². The van der Waals surface area contributed by atoms with Crippen LogP contribution in [0.4, 0.5) is 5.69 Å². The van der Waals surface area contributed by atoms with Crippen molar-refractivity contribution in [2.24, 2.45) is 0 Å². The van der Waals surface area contributed by atoms with Gasteiger partial charge in [0.2, 0.25) is 5.82 Å². The Morgan fingerprint density at radius 2 is 2.04 bits per heavy atom. The number of H-pyrrole nitrogens is 1. The quantitative estimate of drug-likeness (QED) is 0.735. The van der Waals surface area contributed by atoms with Gasteiger partial charge in [0.1, 0.15) is 11.6 Å². The normalized spacial score (nSPS) is 17.8. The van der Waals surface area contributed by atoms with Gasteiger partial charge in [0, 0.05) is 31.5 Å². The zero-order valence-electron chi connectivity index (χ0n) is 13.4. The van der Waals surface area contributed by atoms with E-state index < -0.39 is 9.84 Å². The molecule has 0 amide bonds. The van der Waals surface area contributed by atoms with E-state index in [-0.39, 0.29) is 22.9 Å². The van der Waals surface area contributed by atoms with Gasteiger partial charge in [0.15, 0.2) is 9.84 Å². The van der Waals surface area contributed by atoms with Gasteiger partial charge in [0.25, 0.3) is 0 Å². The fourth-order valence-corrected chi connectivity index (χ4v) is 3.73. The SMILES string of the molecule is N#CC(=CNc1ccc(CN2CCS(=O)(=O)CC2)cc1)c1nn[nH]n1. The first kappa shape index (κ1) is 17.1. The molecule has 0 saturated carbocycles. The summed E-state index contributed by atoms with van der Waals surface area (Å²) in [5, 5.41) is 25.4. The highest BCUT2D eigenvalue weighted by Gasteiger charge is 2.21. The summed E-state index contributed by atoms with van der Waals surface area (Å²) >= 11 is 0. The van der Waals surface area contributed by atoms with Gasteiger partial charge in [-0.1, -0.05) is 12.1 Å². The number of hydrogen-bond acceptors (Lipinski definition) is 8. The molecule has 1 aliphatic heterocycles. The molecule has 25 heavy (non-hydrogen) atoms. The molecule has 0 spiro atoms. The zero-order chi connectivity index (χ0) is 17.7. The second-order valence-corrected chi connectivity index (χ2v) is 7.98. The average molecular weight is 359 g/mol. The minimum absolute atomic E-state index is 0.227. The number of benzene rings is 1. The third-order valence-corrected chi connectivity index (χ3v) is 5.50. The number of hydrogen-bond donors (Lipinski definition) is 2. The summed E-state index contributed by atoms with van der Waals surface area (Å²) in [6, 6.07) is 9.75. The van der Waals surface area contributed by atoms with Crippen molar-refractivity contribution in [3.8, 4) is 6.07 Å². The fourth-order valence-electron chi connectivity index (χ4n) is 2.45. The smallest absolute Gasteiger partial charge is 0.216 e. The molecule has 0 unspecified atom stereocenters. The van der Waals surface area contributed by atoms with E-state index in [4.69, 9.17) is 5.26 Å². The molecule has 1 aliphatic rings. The minimum Gasteiger partial charge on any atom is -0.360 e. The number of aromatic nitrogens is 4. The average Bonchev–Trinajstić information content (AvgIpc) is 3.13. The lowest BCUT2D eigenvalue weighted by atomic mass is 10.2. The van der Waals surface area contributed by atoms with E-state index in [2.05, 4.69) is 30.8 Å². The van der Waals surface area contributed by atoms with Crippen molar-refractivity contribution in [2.45, 2.75) is 6.54 Å². The van der Waals surface area contributed by atoms with Gasteiger partial charge < -0.3 is 5.32 Å². The van der Waals surface area contributed by atoms with E-state index in [9.17, 15) is 8.42 Å². The maximum Gasteiger partial charge on any atom is 0.216 e. The summed E-state index contributed by atoms with van der Waals surface area (Å²) in [7, 11) is -2.85. The first-order chi connectivity index (χ1) is 12.1. The van der Waals surface area contributed by atoms with Crippen LogP contribution in [-0.4, -0.2) is 58.5 Å². The Hall–Kier alpha value is -2.77. The predicted octanol–water partition coefficient (Wildman–Crippen LogP) is 0.407. The molecular weight excluding hydrogens is 342 g/mol. The molecule has 9 nitrogen and oxygen atoms in total. The number of nitrogens with zero attached hydrogens (tertiary/aromatic N) is 5. The topological polar surface area (TPSA) is 128 Å². The van der Waals surface area contributed by atoms with E-state index in [1.165, 1.54) is 6.20 Å². The van der Waals surface area contributed by atoms with E-state index >= 15 is 0 Å². The van der Waals surface area contributed by atoms with Crippen molar-refractivity contribution in [3.63, 3.8) is 0 Å². The van der Waals surface area contributed by atoms with Gasteiger partial charge in [0.05, 0.1) is 11.5 Å². The Bertz CT molecular complexity index is 869. The van der Waals surface area contributed by atoms with Gasteiger partial charge in [-0.15, -0.1) is 10.2 Å². The van der Waals surface area contributed by atoms with E-state index in [1.807, 2.05) is 30.3 Å². The number of nitrogens with one attached hydrogen (secondary N) is 2. The van der Waals surface area contributed by atoms with Crippen molar-refractivity contribution in [3.05, 3.63) is 41.9 Å². The van der Waals surface area contributed by atoms with E-state index in [0.29, 0.717) is 13.1 Å². The number of tetrazole rings is 1. The molecule has 0 radical (unpaired) electrons. The van der Waals surface area contributed by atoms with Crippen LogP contribution in [0.3, 0.4) is 0 Å². The summed E-state index contributed by atoms with van der Waals surface area (Å²) in [5.74, 6) is 0.682. The fraction of sp³-hybridized carbons (Fsp3) is 0.333. The summed E-state index contributed by atoms with van der Waals surface area (Å²) < 4.78 is 22.9. The largest absolute Gasteiger partial charge is 0.360 e. The molecule has 1 saturated heterocycles. The van der Waals surface area contributed by atoms with Crippen molar-refractivity contribution < 1.29 is 8.42 Å². The third-order valence-electron chi connectivity index (χ3n) is 3.89. The molecule has 1 fully saturated rings. The first-order valence-corrected chi connectivity index (χ1v) is 9.50. The van der Waals surface area contributed by atoms with Crippen LogP contribution in [0, 0.1) is 11.3 Å². The molecule has 3 rings (SSSR count). The van der Waals surface area contributed by atoms with Gasteiger partial charge >= 0.3 is 0 Å². The van der Waals surface area contributed by atoms with Gasteiger partial charge in [-0.05, 0) is 22.9 Å². The van der Waals surface area contributed by atoms with Gasteiger partial charge in [-0.25, -0.2) is 8.42 Å². The Kier molecular flexibility index (Phi) is 5.06. The molecule has 130 valence electrons. The number of aromatic amines is 1. The standard InChI is InChI=1S/C15H17N7O2S/c16-9-13(15-18-20-21-19-15)10-17-14-3-1-12(2-4-14)11-22-5-7-25(23,24)8-6-22/h1-4,10,17H,5-8,11H2,(H,18,19,20,21). The second kappa shape index (κ2) is 7.42. The lowest BCUT2D eigenvalue weighted by molar-refractivity contribution is 0.287. The van der Waals surface area contributed by atoms with Crippen LogP contribution in [0.25, 0.3) is 5.57 Å². The summed E-state index contributed by atoms with van der Waals surface area (Å²) in [6.45, 7) is 1.86. The number of nitriles is 1. The molecule has 1 aromatic carbocycles. The Labute approximate surface area is 145 Å². The van der Waals surface area contributed by atoms with E-state index in [0.717, 1.165) is 17.8 Å². The zero-order valence-corrected chi connectivity index (χ0v) is 14.2. The monoisotopic (exact) mass is 359 g/mol. The Morgan fingerprint density at radius 1 is 1.32 bits per heavy atom. The summed E-state index contributed by atoms with van der Waals surface area (Å²) in [5.41, 5.74) is 2.20. The third kappa shape index (κ3) is 4.62. The maximum atomic E-state index is 11.5. The molecule has 0 aliphatic carbocycles. The summed E-state index contributed by atoms with van der Waals surface area (Å²) in [6.07, 6.45) is 1.52. The Morgan fingerprint density at radius 3 is 2.64 bits per heavy atom. The molecule has 10 heteroatoms. The van der Waals surface area contributed by atoms with Gasteiger partial charge in [-0.2, -0.15) is 10.5 Å². The molecule has 0 bridgehead atoms. The molecule has 1 aromatic heterocycles. The molecule has 2 N–H and O–H groups in total. The van der Waals surface area contributed by atoms with Crippen molar-refractivity contribution in [1.82, 2.24) is 25.5 Å². The number of anilines is 1. The minimum atomic E-state index is -2.85. The lowest BCUT2D eigenvalue weighted by Gasteiger charge is -2.26. The predicted molar refractivity (Wildman–Crippen MR) is 91.8 cm³/mol. The number of rotatable bonds is 5. The van der Waals surface area contributed by atoms with Crippen LogP contribution < -0.4 is 5.32 Å². The highest BCUT2D eigenvalue weighted by Crippen LogP contribution is 2.15. The van der Waals surface area contributed by atoms with Gasteiger partial charge in [-0.3, -0.25) is 4.90 Å². The van der Waals surface area contributed by atoms with Crippen LogP contribution in [-0.2, 0) is 16.4 Å². The molecule has 2 heterocycles. The van der Waals surface area contributed by atoms with Crippen molar-refractivity contribution >= 4 is 21.1 Å². The van der Waals surface area contributed by atoms with Crippen LogP contribution in [0.1, 0.15) is 11.4 Å². The Balaban J connectivity index is 1.58. The maximum absolute atomic E-state index is 11.5. The number of allylic oxidation sites excluding steroid dienone is 1. The first-order valence-electron chi connectivity index (χ1n) is 7.68. The van der Waals surface area contributed by atoms with E-state index in [1.54, 1.807) is 0 Å². The molecule has 2 aromatic rings. The van der Waals surface area contributed by atoms with Crippen LogP contribution in [0.15, 0.2) is 30.5 Å². The highest BCUT2D eigenvalue weighted by atomic mass is 32.2. The molecule has 0 atom stereocenters. The van der Waals surface area contributed by atoms with Crippen LogP contribution >= 0.6 is 0 Å². The second-order valence-electron chi connectivity index (χ2n) is 5.67. The van der Waals surface area contributed by atoms with Crippen LogP contribution in [0.5, 0.6) is 0 Å². The number of sulfone groups is 1. The lowest BCUT2D eigenvalue weighted by Crippen LogP contribution is -2.39.